The first kappa shape index (κ1) is 28.4. The molecule has 0 saturated carbocycles. The number of amides is 1. The van der Waals surface area contributed by atoms with Gasteiger partial charge in [0.25, 0.3) is 0 Å². The normalized spacial score (nSPS) is 18.8. The Balaban J connectivity index is 1.62. The molecule has 5 rings (SSSR count). The van der Waals surface area contributed by atoms with Gasteiger partial charge in [-0.25, -0.2) is 4.39 Å². The molecule has 2 atom stereocenters. The zero-order chi connectivity index (χ0) is 29.1. The number of carbonyl (C=O) groups excluding carboxylic acids is 2. The maximum Gasteiger partial charge on any atom is 0.471 e. The Morgan fingerprint density at radius 3 is 2.32 bits per heavy atom. The van der Waals surface area contributed by atoms with Crippen LogP contribution in [0.5, 0.6) is 5.75 Å². The third-order valence-corrected chi connectivity index (χ3v) is 7.50. The summed E-state index contributed by atoms with van der Waals surface area (Å²) < 4.78 is 61.6. The fourth-order valence-electron chi connectivity index (χ4n) is 5.52. The summed E-state index contributed by atoms with van der Waals surface area (Å²) in [5, 5.41) is 3.19. The van der Waals surface area contributed by atoms with Gasteiger partial charge in [0.15, 0.2) is 5.78 Å². The second-order valence-corrected chi connectivity index (χ2v) is 10.3. The molecule has 0 aromatic heterocycles. The summed E-state index contributed by atoms with van der Waals surface area (Å²) >= 11 is 0. The topological polar surface area (TPSA) is 58.6 Å². The number of ketones is 1. The molecule has 3 aromatic rings. The first-order valence-corrected chi connectivity index (χ1v) is 13.7. The van der Waals surface area contributed by atoms with Gasteiger partial charge in [-0.3, -0.25) is 14.5 Å². The number of hydrogen-bond donors (Lipinski definition) is 1. The van der Waals surface area contributed by atoms with E-state index >= 15 is 0 Å². The smallest absolute Gasteiger partial charge is 0.471 e. The minimum Gasteiger partial charge on any atom is -0.494 e. The molecule has 1 aliphatic heterocycles. The fraction of sp³-hybridized carbons (Fsp3) is 0.312. The quantitative estimate of drug-likeness (QED) is 0.234. The molecular formula is C32H30F4N2O3. The molecule has 0 bridgehead atoms. The maximum absolute atomic E-state index is 14.1. The lowest BCUT2D eigenvalue weighted by molar-refractivity contribution is -0.170. The number of para-hydroxylation sites is 2. The van der Waals surface area contributed by atoms with Crippen LogP contribution >= 0.6 is 0 Å². The molecular weight excluding hydrogens is 536 g/mol. The highest BCUT2D eigenvalue weighted by atomic mass is 19.4. The summed E-state index contributed by atoms with van der Waals surface area (Å²) in [5.41, 5.74) is 1.93. The fourth-order valence-corrected chi connectivity index (χ4v) is 5.52. The van der Waals surface area contributed by atoms with Gasteiger partial charge in [0.1, 0.15) is 11.6 Å². The van der Waals surface area contributed by atoms with Gasteiger partial charge in [0, 0.05) is 17.7 Å². The van der Waals surface area contributed by atoms with Gasteiger partial charge in [0.2, 0.25) is 0 Å². The maximum atomic E-state index is 14.1. The number of halogens is 4. The average molecular weight is 567 g/mol. The van der Waals surface area contributed by atoms with E-state index in [4.69, 9.17) is 4.74 Å². The van der Waals surface area contributed by atoms with Crippen molar-refractivity contribution in [2.45, 2.75) is 57.2 Å². The first-order valence-electron chi connectivity index (χ1n) is 13.7. The molecule has 0 unspecified atom stereocenters. The minimum absolute atomic E-state index is 0.00562. The number of Topliss-reactive ketones (excluding diaryl/α,β-unsaturated/α-hetero) is 1. The van der Waals surface area contributed by atoms with Gasteiger partial charge < -0.3 is 10.1 Å². The van der Waals surface area contributed by atoms with Crippen LogP contribution in [-0.2, 0) is 9.59 Å². The molecule has 0 fully saturated rings. The number of alkyl halides is 3. The van der Waals surface area contributed by atoms with Crippen molar-refractivity contribution < 1.29 is 31.9 Å². The number of nitrogens with zero attached hydrogens (tertiary/aromatic N) is 1. The van der Waals surface area contributed by atoms with Crippen LogP contribution in [0.1, 0.15) is 62.1 Å². The third-order valence-electron chi connectivity index (χ3n) is 7.50. The van der Waals surface area contributed by atoms with Crippen molar-refractivity contribution in [2.75, 3.05) is 16.8 Å². The Hall–Kier alpha value is -4.14. The SMILES string of the molecule is CCCCCOc1ccc([C@H]2C3=C(C[C@H](c4ccc(F)cc4)CC3=O)Nc3ccccc3N2C(=O)C(F)(F)F)cc1. The van der Waals surface area contributed by atoms with Gasteiger partial charge >= 0.3 is 12.1 Å². The number of carbonyl (C=O) groups is 2. The highest BCUT2D eigenvalue weighted by molar-refractivity contribution is 6.07. The van der Waals surface area contributed by atoms with Gasteiger partial charge in [-0.15, -0.1) is 0 Å². The Bertz CT molecular complexity index is 1450. The first-order chi connectivity index (χ1) is 19.7. The van der Waals surface area contributed by atoms with Crippen LogP contribution < -0.4 is 15.0 Å². The summed E-state index contributed by atoms with van der Waals surface area (Å²) in [6.07, 6.45) is -1.96. The van der Waals surface area contributed by atoms with E-state index in [1.165, 1.54) is 18.2 Å². The van der Waals surface area contributed by atoms with Crippen LogP contribution in [0, 0.1) is 5.82 Å². The van der Waals surface area contributed by atoms with Gasteiger partial charge in [-0.2, -0.15) is 13.2 Å². The van der Waals surface area contributed by atoms with Crippen molar-refractivity contribution >= 4 is 23.1 Å². The summed E-state index contributed by atoms with van der Waals surface area (Å²) in [4.78, 5) is 27.6. The van der Waals surface area contributed by atoms with E-state index in [1.54, 1.807) is 54.6 Å². The van der Waals surface area contributed by atoms with Crippen molar-refractivity contribution in [2.24, 2.45) is 0 Å². The van der Waals surface area contributed by atoms with E-state index in [0.29, 0.717) is 34.9 Å². The van der Waals surface area contributed by atoms with E-state index < -0.39 is 23.9 Å². The number of fused-ring (bicyclic) bond motifs is 1. The van der Waals surface area contributed by atoms with Crippen molar-refractivity contribution in [1.82, 2.24) is 0 Å². The molecule has 41 heavy (non-hydrogen) atoms. The standard InChI is InChI=1S/C32H30F4N2O3/c1-2-3-6-17-41-24-15-11-21(12-16-24)30-29-26(18-22(19-28(29)39)20-9-13-23(33)14-10-20)37-25-7-4-5-8-27(25)38(30)31(40)32(34,35)36/h4-5,7-16,22,30,37H,2-3,6,17-19H2,1H3/t22-,30-/m0/s1. The second kappa shape index (κ2) is 11.8. The van der Waals surface area contributed by atoms with Crippen LogP contribution in [0.4, 0.5) is 28.9 Å². The summed E-state index contributed by atoms with van der Waals surface area (Å²) in [7, 11) is 0. The van der Waals surface area contributed by atoms with Crippen molar-refractivity contribution in [3.05, 3.63) is 101 Å². The third kappa shape index (κ3) is 5.99. The Morgan fingerprint density at radius 2 is 1.63 bits per heavy atom. The molecule has 0 saturated heterocycles. The van der Waals surface area contributed by atoms with E-state index in [-0.39, 0.29) is 35.1 Å². The highest BCUT2D eigenvalue weighted by Gasteiger charge is 2.50. The number of benzene rings is 3. The van der Waals surface area contributed by atoms with E-state index in [0.717, 1.165) is 24.8 Å². The Morgan fingerprint density at radius 1 is 0.951 bits per heavy atom. The number of nitrogens with one attached hydrogen (secondary N) is 1. The highest BCUT2D eigenvalue weighted by Crippen LogP contribution is 2.48. The molecule has 1 N–H and O–H groups in total. The van der Waals surface area contributed by atoms with Crippen LogP contribution in [0.25, 0.3) is 0 Å². The number of anilines is 2. The molecule has 1 heterocycles. The Labute approximate surface area is 235 Å². The lowest BCUT2D eigenvalue weighted by Gasteiger charge is -2.35. The summed E-state index contributed by atoms with van der Waals surface area (Å²) in [6, 6.07) is 17.3. The number of hydrogen-bond acceptors (Lipinski definition) is 4. The molecule has 3 aromatic carbocycles. The molecule has 5 nitrogen and oxygen atoms in total. The lowest BCUT2D eigenvalue weighted by atomic mass is 9.78. The largest absolute Gasteiger partial charge is 0.494 e. The van der Waals surface area contributed by atoms with Gasteiger partial charge in [-0.05, 0) is 66.3 Å². The van der Waals surface area contributed by atoms with Crippen molar-refractivity contribution in [1.29, 1.82) is 0 Å². The van der Waals surface area contributed by atoms with Gasteiger partial charge in [-0.1, -0.05) is 56.2 Å². The zero-order valence-electron chi connectivity index (χ0n) is 22.5. The predicted octanol–water partition coefficient (Wildman–Crippen LogP) is 7.86. The van der Waals surface area contributed by atoms with E-state index in [2.05, 4.69) is 12.2 Å². The average Bonchev–Trinajstić information content (AvgIpc) is 3.10. The molecule has 1 amide bonds. The molecule has 2 aliphatic rings. The van der Waals surface area contributed by atoms with Gasteiger partial charge in [0.05, 0.1) is 24.0 Å². The van der Waals surface area contributed by atoms with Crippen LogP contribution in [0.15, 0.2) is 84.1 Å². The lowest BCUT2D eigenvalue weighted by Crippen LogP contribution is -2.45. The number of unbranched alkanes of at least 4 members (excludes halogenated alkanes) is 2. The molecule has 0 spiro atoms. The van der Waals surface area contributed by atoms with Crippen LogP contribution in [0.2, 0.25) is 0 Å². The number of allylic oxidation sites excluding steroid dienone is 1. The number of rotatable bonds is 7. The van der Waals surface area contributed by atoms with Crippen LogP contribution in [0.3, 0.4) is 0 Å². The van der Waals surface area contributed by atoms with E-state index in [1.807, 2.05) is 0 Å². The zero-order valence-corrected chi connectivity index (χ0v) is 22.5. The van der Waals surface area contributed by atoms with Crippen molar-refractivity contribution in [3.8, 4) is 5.75 Å². The van der Waals surface area contributed by atoms with Crippen molar-refractivity contribution in [3.63, 3.8) is 0 Å². The number of ether oxygens (including phenoxy) is 1. The molecule has 9 heteroatoms. The van der Waals surface area contributed by atoms with E-state index in [9.17, 15) is 27.2 Å². The second-order valence-electron chi connectivity index (χ2n) is 10.3. The minimum atomic E-state index is -5.19. The van der Waals surface area contributed by atoms with Crippen LogP contribution in [-0.4, -0.2) is 24.5 Å². The molecule has 1 aliphatic carbocycles. The molecule has 214 valence electrons. The Kier molecular flexibility index (Phi) is 8.15. The monoisotopic (exact) mass is 566 g/mol. The summed E-state index contributed by atoms with van der Waals surface area (Å²) in [6.45, 7) is 2.59. The molecule has 0 radical (unpaired) electrons. The summed E-state index contributed by atoms with van der Waals surface area (Å²) in [5.74, 6) is -2.63. The predicted molar refractivity (Wildman–Crippen MR) is 148 cm³/mol.